The van der Waals surface area contributed by atoms with Crippen LogP contribution in [0, 0.1) is 5.82 Å². The quantitative estimate of drug-likeness (QED) is 0.543. The van der Waals surface area contributed by atoms with Crippen molar-refractivity contribution in [2.75, 3.05) is 6.54 Å². The normalized spacial score (nSPS) is 12.1. The van der Waals surface area contributed by atoms with E-state index in [0.717, 1.165) is 16.9 Å². The molecule has 3 nitrogen and oxygen atoms in total. The number of halogens is 1. The Kier molecular flexibility index (Phi) is 7.18. The van der Waals surface area contributed by atoms with Crippen LogP contribution in [-0.4, -0.2) is 22.8 Å². The third-order valence-electron chi connectivity index (χ3n) is 4.75. The Labute approximate surface area is 166 Å². The molecule has 0 aromatic heterocycles. The Hall–Kier alpha value is -2.69. The molecule has 0 spiro atoms. The van der Waals surface area contributed by atoms with Gasteiger partial charge in [-0.25, -0.2) is 4.39 Å². The fourth-order valence-corrected chi connectivity index (χ4v) is 3.07. The van der Waals surface area contributed by atoms with Crippen LogP contribution < -0.4 is 4.74 Å². The third-order valence-corrected chi connectivity index (χ3v) is 4.75. The van der Waals surface area contributed by atoms with E-state index in [1.54, 1.807) is 12.1 Å². The van der Waals surface area contributed by atoms with E-state index in [0.29, 0.717) is 31.7 Å². The van der Waals surface area contributed by atoms with Crippen LogP contribution in [0.4, 0.5) is 4.39 Å². The predicted molar refractivity (Wildman–Crippen MR) is 109 cm³/mol. The van der Waals surface area contributed by atoms with E-state index in [9.17, 15) is 9.50 Å². The first kappa shape index (κ1) is 20.1. The van der Waals surface area contributed by atoms with Gasteiger partial charge in [-0.2, -0.15) is 0 Å². The molecule has 0 amide bonds. The molecule has 0 aliphatic heterocycles. The van der Waals surface area contributed by atoms with Crippen LogP contribution in [0.25, 0.3) is 0 Å². The van der Waals surface area contributed by atoms with E-state index in [-0.39, 0.29) is 5.82 Å². The number of aliphatic hydroxyl groups is 1. The summed E-state index contributed by atoms with van der Waals surface area (Å²) in [6, 6.07) is 24.4. The molecule has 3 rings (SSSR count). The number of aliphatic hydroxyl groups excluding tert-OH is 1. The molecule has 146 valence electrons. The van der Waals surface area contributed by atoms with E-state index < -0.39 is 6.23 Å². The fourth-order valence-electron chi connectivity index (χ4n) is 3.07. The molecule has 1 unspecified atom stereocenters. The van der Waals surface area contributed by atoms with Gasteiger partial charge in [0.05, 0.1) is 0 Å². The Morgan fingerprint density at radius 1 is 0.893 bits per heavy atom. The van der Waals surface area contributed by atoms with E-state index in [2.05, 4.69) is 0 Å². The summed E-state index contributed by atoms with van der Waals surface area (Å²) in [5.74, 6) is 0.602. The highest BCUT2D eigenvalue weighted by molar-refractivity contribution is 5.25. The molecule has 0 saturated heterocycles. The van der Waals surface area contributed by atoms with Crippen molar-refractivity contribution in [1.82, 2.24) is 4.90 Å². The number of ether oxygens (including phenoxy) is 1. The van der Waals surface area contributed by atoms with Crippen LogP contribution in [0.3, 0.4) is 0 Å². The van der Waals surface area contributed by atoms with Gasteiger partial charge >= 0.3 is 0 Å². The minimum absolute atomic E-state index is 0.240. The molecule has 1 N–H and O–H groups in total. The Morgan fingerprint density at radius 3 is 2.21 bits per heavy atom. The third kappa shape index (κ3) is 5.65. The molecule has 0 fully saturated rings. The number of rotatable bonds is 9. The summed E-state index contributed by atoms with van der Waals surface area (Å²) in [4.78, 5) is 1.87. The zero-order valence-electron chi connectivity index (χ0n) is 16.1. The minimum atomic E-state index is -0.670. The Bertz CT molecular complexity index is 852. The molecule has 1 atom stereocenters. The summed E-state index contributed by atoms with van der Waals surface area (Å²) in [5.41, 5.74) is 2.69. The van der Waals surface area contributed by atoms with Gasteiger partial charge in [0.1, 0.15) is 24.4 Å². The van der Waals surface area contributed by atoms with Crippen LogP contribution >= 0.6 is 0 Å². The molecule has 3 aromatic rings. The molecule has 0 bridgehead atoms. The summed E-state index contributed by atoms with van der Waals surface area (Å²) < 4.78 is 19.6. The summed E-state index contributed by atoms with van der Waals surface area (Å²) in [5, 5.41) is 10.6. The first-order valence-electron chi connectivity index (χ1n) is 9.57. The zero-order valence-corrected chi connectivity index (χ0v) is 16.1. The Balaban J connectivity index is 1.55. The smallest absolute Gasteiger partial charge is 0.127 e. The van der Waals surface area contributed by atoms with Gasteiger partial charge in [-0.1, -0.05) is 67.6 Å². The highest BCUT2D eigenvalue weighted by atomic mass is 19.1. The molecular formula is C24H26FNO2. The van der Waals surface area contributed by atoms with Gasteiger partial charge in [-0.15, -0.1) is 0 Å². The lowest BCUT2D eigenvalue weighted by atomic mass is 10.1. The molecule has 0 heterocycles. The van der Waals surface area contributed by atoms with Crippen molar-refractivity contribution in [3.63, 3.8) is 0 Å². The van der Waals surface area contributed by atoms with Crippen molar-refractivity contribution in [3.8, 4) is 5.75 Å². The van der Waals surface area contributed by atoms with Crippen molar-refractivity contribution in [2.24, 2.45) is 0 Å². The standard InChI is InChI=1S/C24H26FNO2/c1-2-26(17-21-8-6-7-11-23(21)25)24(27)16-19-12-14-20(15-13-19)18-28-22-9-4-3-5-10-22/h3-15,24,27H,2,16-18H2,1H3. The van der Waals surface area contributed by atoms with Crippen LogP contribution in [0.2, 0.25) is 0 Å². The molecule has 4 heteroatoms. The summed E-state index contributed by atoms with van der Waals surface area (Å²) in [6.45, 7) is 3.49. The van der Waals surface area contributed by atoms with E-state index in [1.807, 2.05) is 72.5 Å². The number of benzene rings is 3. The van der Waals surface area contributed by atoms with E-state index in [1.165, 1.54) is 6.07 Å². The molecule has 0 aliphatic carbocycles. The summed E-state index contributed by atoms with van der Waals surface area (Å²) in [6.07, 6.45) is -0.182. The van der Waals surface area contributed by atoms with Crippen LogP contribution in [0.1, 0.15) is 23.6 Å². The van der Waals surface area contributed by atoms with Crippen molar-refractivity contribution in [2.45, 2.75) is 32.7 Å². The first-order valence-corrected chi connectivity index (χ1v) is 9.57. The van der Waals surface area contributed by atoms with Gasteiger partial charge in [0.2, 0.25) is 0 Å². The number of nitrogens with zero attached hydrogens (tertiary/aromatic N) is 1. The topological polar surface area (TPSA) is 32.7 Å². The zero-order chi connectivity index (χ0) is 19.8. The number of hydrogen-bond acceptors (Lipinski definition) is 3. The molecule has 3 aromatic carbocycles. The second kappa shape index (κ2) is 10.0. The largest absolute Gasteiger partial charge is 0.489 e. The predicted octanol–water partition coefficient (Wildman–Crippen LogP) is 4.79. The van der Waals surface area contributed by atoms with Crippen molar-refractivity contribution < 1.29 is 14.2 Å². The SMILES string of the molecule is CCN(Cc1ccccc1F)C(O)Cc1ccc(COc2ccccc2)cc1. The van der Waals surface area contributed by atoms with Crippen molar-refractivity contribution in [1.29, 1.82) is 0 Å². The van der Waals surface area contributed by atoms with E-state index in [4.69, 9.17) is 4.74 Å². The maximum absolute atomic E-state index is 13.9. The van der Waals surface area contributed by atoms with Gasteiger partial charge in [-0.05, 0) is 35.9 Å². The number of hydrogen-bond donors (Lipinski definition) is 1. The van der Waals surface area contributed by atoms with Crippen LogP contribution in [0.15, 0.2) is 78.9 Å². The lowest BCUT2D eigenvalue weighted by Crippen LogP contribution is -2.36. The molecular weight excluding hydrogens is 353 g/mol. The van der Waals surface area contributed by atoms with Crippen LogP contribution in [-0.2, 0) is 19.6 Å². The van der Waals surface area contributed by atoms with Crippen molar-refractivity contribution >= 4 is 0 Å². The monoisotopic (exact) mass is 379 g/mol. The van der Waals surface area contributed by atoms with Gasteiger partial charge in [0.15, 0.2) is 0 Å². The highest BCUT2D eigenvalue weighted by Gasteiger charge is 2.16. The first-order chi connectivity index (χ1) is 13.7. The Morgan fingerprint density at radius 2 is 1.54 bits per heavy atom. The fraction of sp³-hybridized carbons (Fsp3) is 0.250. The summed E-state index contributed by atoms with van der Waals surface area (Å²) >= 11 is 0. The maximum atomic E-state index is 13.9. The summed E-state index contributed by atoms with van der Waals surface area (Å²) in [7, 11) is 0. The second-order valence-electron chi connectivity index (χ2n) is 6.76. The van der Waals surface area contributed by atoms with Gasteiger partial charge < -0.3 is 9.84 Å². The second-order valence-corrected chi connectivity index (χ2v) is 6.76. The minimum Gasteiger partial charge on any atom is -0.489 e. The lowest BCUT2D eigenvalue weighted by molar-refractivity contribution is 0.00149. The maximum Gasteiger partial charge on any atom is 0.127 e. The van der Waals surface area contributed by atoms with Gasteiger partial charge in [0, 0.05) is 18.5 Å². The number of para-hydroxylation sites is 1. The van der Waals surface area contributed by atoms with E-state index >= 15 is 0 Å². The number of likely N-dealkylation sites (N-methyl/N-ethyl adjacent to an activating group) is 1. The lowest BCUT2D eigenvalue weighted by Gasteiger charge is -2.27. The molecule has 0 saturated carbocycles. The molecule has 28 heavy (non-hydrogen) atoms. The van der Waals surface area contributed by atoms with Crippen molar-refractivity contribution in [3.05, 3.63) is 101 Å². The van der Waals surface area contributed by atoms with Gasteiger partial charge in [-0.3, -0.25) is 4.90 Å². The average molecular weight is 379 g/mol. The molecule has 0 radical (unpaired) electrons. The highest BCUT2D eigenvalue weighted by Crippen LogP contribution is 2.16. The van der Waals surface area contributed by atoms with Gasteiger partial charge in [0.25, 0.3) is 0 Å². The van der Waals surface area contributed by atoms with Crippen LogP contribution in [0.5, 0.6) is 5.75 Å². The molecule has 0 aliphatic rings. The average Bonchev–Trinajstić information content (AvgIpc) is 2.73.